The molecule has 3 rings (SSSR count). The molecule has 3 aromatic rings. The molecule has 0 radical (unpaired) electrons. The number of rotatable bonds is 4. The fourth-order valence-electron chi connectivity index (χ4n) is 2.29. The highest BCUT2D eigenvalue weighted by Crippen LogP contribution is 2.36. The third-order valence-corrected chi connectivity index (χ3v) is 4.83. The summed E-state index contributed by atoms with van der Waals surface area (Å²) in [6, 6.07) is 17.3. The van der Waals surface area contributed by atoms with Gasteiger partial charge in [0, 0.05) is 10.6 Å². The maximum absolute atomic E-state index is 13.0. The molecule has 0 bridgehead atoms. The van der Waals surface area contributed by atoms with E-state index >= 15 is 0 Å². The summed E-state index contributed by atoms with van der Waals surface area (Å²) in [4.78, 5) is 13.0. The van der Waals surface area contributed by atoms with E-state index in [4.69, 9.17) is 17.0 Å². The highest BCUT2D eigenvalue weighted by molar-refractivity contribution is 7.80. The van der Waals surface area contributed by atoms with Gasteiger partial charge in [-0.15, -0.1) is 11.3 Å². The molecule has 0 saturated carbocycles. The van der Waals surface area contributed by atoms with E-state index in [0.717, 1.165) is 10.4 Å². The number of carbonyl (C=O) groups is 1. The lowest BCUT2D eigenvalue weighted by Gasteiger charge is -2.10. The van der Waals surface area contributed by atoms with Crippen molar-refractivity contribution >= 4 is 45.3 Å². The summed E-state index contributed by atoms with van der Waals surface area (Å²) in [5.41, 5.74) is 2.04. The molecule has 0 fully saturated rings. The zero-order valence-electron chi connectivity index (χ0n) is 13.8. The molecule has 0 saturated heterocycles. The normalized spacial score (nSPS) is 10.2. The standard InChI is InChI=1S/C19H15FN2O2S2/c1-24-18(23)15-11-16(12-5-3-2-4-6-12)26-17(15)22-19(25)21-14-9-7-13(20)8-10-14/h2-11H,1H3,(H2,21,22,25). The van der Waals surface area contributed by atoms with Crippen LogP contribution in [0.2, 0.25) is 0 Å². The van der Waals surface area contributed by atoms with Gasteiger partial charge in [-0.2, -0.15) is 0 Å². The maximum Gasteiger partial charge on any atom is 0.340 e. The molecule has 0 aliphatic carbocycles. The first kappa shape index (κ1) is 18.0. The number of nitrogens with one attached hydrogen (secondary N) is 2. The Labute approximate surface area is 159 Å². The number of carbonyl (C=O) groups excluding carboxylic acids is 1. The summed E-state index contributed by atoms with van der Waals surface area (Å²) in [7, 11) is 1.33. The topological polar surface area (TPSA) is 50.4 Å². The smallest absolute Gasteiger partial charge is 0.340 e. The van der Waals surface area contributed by atoms with Crippen LogP contribution in [-0.2, 0) is 4.74 Å². The predicted octanol–water partition coefficient (Wildman–Crippen LogP) is 5.15. The van der Waals surface area contributed by atoms with Crippen molar-refractivity contribution < 1.29 is 13.9 Å². The molecular weight excluding hydrogens is 371 g/mol. The minimum Gasteiger partial charge on any atom is -0.465 e. The molecule has 1 aromatic heterocycles. The molecule has 0 unspecified atom stereocenters. The van der Waals surface area contributed by atoms with E-state index in [1.807, 2.05) is 30.3 Å². The van der Waals surface area contributed by atoms with Crippen LogP contribution >= 0.6 is 23.6 Å². The van der Waals surface area contributed by atoms with Gasteiger partial charge in [-0.1, -0.05) is 30.3 Å². The fraction of sp³-hybridized carbons (Fsp3) is 0.0526. The molecule has 0 aliphatic heterocycles. The van der Waals surface area contributed by atoms with Crippen LogP contribution in [0.5, 0.6) is 0 Å². The van der Waals surface area contributed by atoms with Gasteiger partial charge in [0.15, 0.2) is 5.11 Å². The number of thiocarbonyl (C=S) groups is 1. The summed E-state index contributed by atoms with van der Waals surface area (Å²) in [5.74, 6) is -0.774. The molecule has 2 N–H and O–H groups in total. The second-order valence-electron chi connectivity index (χ2n) is 5.30. The van der Waals surface area contributed by atoms with Crippen molar-refractivity contribution in [3.63, 3.8) is 0 Å². The molecule has 0 aliphatic rings. The minimum atomic E-state index is -0.449. The van der Waals surface area contributed by atoms with Gasteiger partial charge in [0.05, 0.1) is 12.7 Å². The van der Waals surface area contributed by atoms with Gasteiger partial charge in [-0.3, -0.25) is 0 Å². The summed E-state index contributed by atoms with van der Waals surface area (Å²) < 4.78 is 17.9. The quantitative estimate of drug-likeness (QED) is 0.480. The lowest BCUT2D eigenvalue weighted by atomic mass is 10.1. The van der Waals surface area contributed by atoms with Crippen LogP contribution in [0.15, 0.2) is 60.7 Å². The van der Waals surface area contributed by atoms with Crippen molar-refractivity contribution in [1.82, 2.24) is 0 Å². The molecule has 0 amide bonds. The van der Waals surface area contributed by atoms with E-state index in [9.17, 15) is 9.18 Å². The number of esters is 1. The van der Waals surface area contributed by atoms with Crippen molar-refractivity contribution in [3.05, 3.63) is 72.0 Å². The molecular formula is C19H15FN2O2S2. The third-order valence-electron chi connectivity index (χ3n) is 3.52. The average molecular weight is 386 g/mol. The van der Waals surface area contributed by atoms with E-state index in [0.29, 0.717) is 21.4 Å². The summed E-state index contributed by atoms with van der Waals surface area (Å²) in [5, 5.41) is 6.86. The summed E-state index contributed by atoms with van der Waals surface area (Å²) in [6.07, 6.45) is 0. The van der Waals surface area contributed by atoms with Crippen LogP contribution in [0, 0.1) is 5.82 Å². The fourth-order valence-corrected chi connectivity index (χ4v) is 3.63. The van der Waals surface area contributed by atoms with Gasteiger partial charge in [0.25, 0.3) is 0 Å². The molecule has 132 valence electrons. The highest BCUT2D eigenvalue weighted by atomic mass is 32.1. The predicted molar refractivity (Wildman–Crippen MR) is 107 cm³/mol. The minimum absolute atomic E-state index is 0.295. The van der Waals surface area contributed by atoms with Crippen LogP contribution in [0.1, 0.15) is 10.4 Å². The molecule has 4 nitrogen and oxygen atoms in total. The van der Waals surface area contributed by atoms with Gasteiger partial charge >= 0.3 is 5.97 Å². The SMILES string of the molecule is COC(=O)c1cc(-c2ccccc2)sc1NC(=S)Nc1ccc(F)cc1. The largest absolute Gasteiger partial charge is 0.465 e. The number of hydrogen-bond acceptors (Lipinski definition) is 4. The Morgan fingerprint density at radius 2 is 1.77 bits per heavy atom. The third kappa shape index (κ3) is 4.25. The Morgan fingerprint density at radius 3 is 2.42 bits per heavy atom. The zero-order valence-corrected chi connectivity index (χ0v) is 15.4. The highest BCUT2D eigenvalue weighted by Gasteiger charge is 2.18. The van der Waals surface area contributed by atoms with Gasteiger partial charge in [-0.05, 0) is 48.1 Å². The number of thiophene rings is 1. The van der Waals surface area contributed by atoms with E-state index in [2.05, 4.69) is 10.6 Å². The first-order valence-corrected chi connectivity index (χ1v) is 8.90. The Hall–Kier alpha value is -2.77. The second-order valence-corrected chi connectivity index (χ2v) is 6.76. The molecule has 1 heterocycles. The van der Waals surface area contributed by atoms with Crippen molar-refractivity contribution in [2.75, 3.05) is 17.7 Å². The van der Waals surface area contributed by atoms with Crippen molar-refractivity contribution in [2.45, 2.75) is 0 Å². The molecule has 7 heteroatoms. The second kappa shape index (κ2) is 8.07. The van der Waals surface area contributed by atoms with Crippen LogP contribution < -0.4 is 10.6 Å². The number of benzene rings is 2. The first-order valence-electron chi connectivity index (χ1n) is 7.68. The molecule has 2 aromatic carbocycles. The van der Waals surface area contributed by atoms with Crippen molar-refractivity contribution in [3.8, 4) is 10.4 Å². The van der Waals surface area contributed by atoms with Gasteiger partial charge in [0.1, 0.15) is 10.8 Å². The van der Waals surface area contributed by atoms with Crippen LogP contribution in [-0.4, -0.2) is 18.2 Å². The van der Waals surface area contributed by atoms with Crippen LogP contribution in [0.4, 0.5) is 15.1 Å². The maximum atomic E-state index is 13.0. The lowest BCUT2D eigenvalue weighted by Crippen LogP contribution is -2.19. The van der Waals surface area contributed by atoms with Crippen molar-refractivity contribution in [2.24, 2.45) is 0 Å². The Morgan fingerprint density at radius 1 is 1.08 bits per heavy atom. The van der Waals surface area contributed by atoms with Crippen molar-refractivity contribution in [1.29, 1.82) is 0 Å². The van der Waals surface area contributed by atoms with Gasteiger partial charge in [0.2, 0.25) is 0 Å². The zero-order chi connectivity index (χ0) is 18.5. The first-order chi connectivity index (χ1) is 12.6. The average Bonchev–Trinajstić information content (AvgIpc) is 3.07. The summed E-state index contributed by atoms with van der Waals surface area (Å²) >= 11 is 6.70. The Bertz CT molecular complexity index is 924. The van der Waals surface area contributed by atoms with E-state index < -0.39 is 5.97 Å². The van der Waals surface area contributed by atoms with Crippen LogP contribution in [0.3, 0.4) is 0 Å². The molecule has 0 spiro atoms. The Balaban J connectivity index is 1.83. The molecule has 0 atom stereocenters. The number of anilines is 2. The van der Waals surface area contributed by atoms with E-state index in [1.165, 1.54) is 30.6 Å². The Kier molecular flexibility index (Phi) is 5.60. The number of ether oxygens (including phenoxy) is 1. The van der Waals surface area contributed by atoms with Gasteiger partial charge < -0.3 is 15.4 Å². The number of hydrogen-bond donors (Lipinski definition) is 2. The number of halogens is 1. The lowest BCUT2D eigenvalue weighted by molar-refractivity contribution is 0.0602. The van der Waals surface area contributed by atoms with Gasteiger partial charge in [-0.25, -0.2) is 9.18 Å². The van der Waals surface area contributed by atoms with E-state index in [-0.39, 0.29) is 5.82 Å². The number of methoxy groups -OCH3 is 1. The molecule has 26 heavy (non-hydrogen) atoms. The van der Waals surface area contributed by atoms with E-state index in [1.54, 1.807) is 18.2 Å². The summed E-state index contributed by atoms with van der Waals surface area (Å²) in [6.45, 7) is 0. The van der Waals surface area contributed by atoms with Crippen LogP contribution in [0.25, 0.3) is 10.4 Å². The monoisotopic (exact) mass is 386 g/mol.